The Morgan fingerprint density at radius 3 is 2.53 bits per heavy atom. The molecule has 0 aliphatic rings. The molecule has 1 aromatic carbocycles. The van der Waals surface area contributed by atoms with E-state index in [1.165, 1.54) is 0 Å². The fourth-order valence-corrected chi connectivity index (χ4v) is 3.21. The molecule has 9 nitrogen and oxygen atoms in total. The summed E-state index contributed by atoms with van der Waals surface area (Å²) >= 11 is 0. The standard InChI is InChI=1S/C21H23N5O4/c1-11-6-7-16(12(2)8-11)23-21(29)24-17(27)10-30-20(28)15-9-13(3)22-19-18(15)14(4)25-26(19)5/h6-9H,10H2,1-5H3,(H2,23,24,27,29). The van der Waals surface area contributed by atoms with Gasteiger partial charge in [-0.05, 0) is 45.4 Å². The first-order valence-corrected chi connectivity index (χ1v) is 9.32. The lowest BCUT2D eigenvalue weighted by Gasteiger charge is -2.10. The van der Waals surface area contributed by atoms with Gasteiger partial charge in [0.25, 0.3) is 5.91 Å². The number of nitrogens with one attached hydrogen (secondary N) is 2. The van der Waals surface area contributed by atoms with E-state index in [-0.39, 0.29) is 5.56 Å². The fraction of sp³-hybridized carbons (Fsp3) is 0.286. The van der Waals surface area contributed by atoms with E-state index in [2.05, 4.69) is 20.7 Å². The van der Waals surface area contributed by atoms with Gasteiger partial charge >= 0.3 is 12.0 Å². The van der Waals surface area contributed by atoms with Gasteiger partial charge in [0.1, 0.15) is 0 Å². The summed E-state index contributed by atoms with van der Waals surface area (Å²) in [6.07, 6.45) is 0. The first kappa shape index (κ1) is 21.0. The molecule has 3 rings (SSSR count). The number of rotatable bonds is 4. The molecule has 0 spiro atoms. The minimum absolute atomic E-state index is 0.274. The van der Waals surface area contributed by atoms with Gasteiger partial charge in [-0.25, -0.2) is 14.6 Å². The van der Waals surface area contributed by atoms with Gasteiger partial charge in [0.2, 0.25) is 0 Å². The molecular formula is C21H23N5O4. The first-order chi connectivity index (χ1) is 14.2. The Bertz CT molecular complexity index is 1170. The zero-order valence-electron chi connectivity index (χ0n) is 17.5. The van der Waals surface area contributed by atoms with Gasteiger partial charge in [0, 0.05) is 18.4 Å². The number of aryl methyl sites for hydroxylation is 5. The van der Waals surface area contributed by atoms with Crippen LogP contribution in [0.2, 0.25) is 0 Å². The molecule has 9 heteroatoms. The number of anilines is 1. The summed E-state index contributed by atoms with van der Waals surface area (Å²) in [4.78, 5) is 41.0. The highest BCUT2D eigenvalue weighted by molar-refractivity contribution is 6.05. The summed E-state index contributed by atoms with van der Waals surface area (Å²) in [7, 11) is 1.73. The van der Waals surface area contributed by atoms with Crippen LogP contribution < -0.4 is 10.6 Å². The van der Waals surface area contributed by atoms with E-state index in [1.54, 1.807) is 37.7 Å². The zero-order chi connectivity index (χ0) is 22.0. The number of esters is 1. The molecular weight excluding hydrogens is 386 g/mol. The van der Waals surface area contributed by atoms with E-state index in [9.17, 15) is 14.4 Å². The number of benzene rings is 1. The molecule has 2 heterocycles. The van der Waals surface area contributed by atoms with Crippen molar-refractivity contribution < 1.29 is 19.1 Å². The normalized spacial score (nSPS) is 10.7. The number of nitrogens with zero attached hydrogens (tertiary/aromatic N) is 3. The molecule has 156 valence electrons. The molecule has 0 unspecified atom stereocenters. The average molecular weight is 409 g/mol. The Hall–Kier alpha value is -3.75. The predicted molar refractivity (Wildman–Crippen MR) is 111 cm³/mol. The third-order valence-corrected chi connectivity index (χ3v) is 4.53. The van der Waals surface area contributed by atoms with Crippen molar-refractivity contribution in [1.82, 2.24) is 20.1 Å². The van der Waals surface area contributed by atoms with Crippen LogP contribution >= 0.6 is 0 Å². The van der Waals surface area contributed by atoms with Crippen molar-refractivity contribution in [3.8, 4) is 0 Å². The van der Waals surface area contributed by atoms with E-state index in [4.69, 9.17) is 4.74 Å². The monoisotopic (exact) mass is 409 g/mol. The van der Waals surface area contributed by atoms with E-state index >= 15 is 0 Å². The number of aromatic nitrogens is 3. The van der Waals surface area contributed by atoms with Crippen molar-refractivity contribution in [2.45, 2.75) is 27.7 Å². The van der Waals surface area contributed by atoms with Crippen LogP contribution in [0, 0.1) is 27.7 Å². The largest absolute Gasteiger partial charge is 0.452 e. The molecule has 0 radical (unpaired) electrons. The maximum atomic E-state index is 12.6. The smallest absolute Gasteiger partial charge is 0.339 e. The number of ether oxygens (including phenoxy) is 1. The molecule has 2 N–H and O–H groups in total. The molecule has 0 aliphatic heterocycles. The number of carbonyl (C=O) groups is 3. The summed E-state index contributed by atoms with van der Waals surface area (Å²) in [6, 6.07) is 6.40. The molecule has 0 atom stereocenters. The summed E-state index contributed by atoms with van der Waals surface area (Å²) in [5, 5.41) is 9.59. The highest BCUT2D eigenvalue weighted by atomic mass is 16.5. The second kappa shape index (κ2) is 8.32. The van der Waals surface area contributed by atoms with Crippen molar-refractivity contribution >= 4 is 34.6 Å². The lowest BCUT2D eigenvalue weighted by Crippen LogP contribution is -2.37. The number of fused-ring (bicyclic) bond motifs is 1. The van der Waals surface area contributed by atoms with Crippen molar-refractivity contribution in [3.05, 3.63) is 52.3 Å². The highest BCUT2D eigenvalue weighted by Gasteiger charge is 2.20. The number of pyridine rings is 1. The van der Waals surface area contributed by atoms with E-state index in [0.29, 0.717) is 28.1 Å². The number of amides is 3. The fourth-order valence-electron chi connectivity index (χ4n) is 3.21. The third-order valence-electron chi connectivity index (χ3n) is 4.53. The quantitative estimate of drug-likeness (QED) is 0.640. The second-order valence-electron chi connectivity index (χ2n) is 7.12. The molecule has 2 aromatic heterocycles. The summed E-state index contributed by atoms with van der Waals surface area (Å²) in [5.74, 6) is -1.43. The molecule has 0 saturated heterocycles. The van der Waals surface area contributed by atoms with Crippen LogP contribution in [0.25, 0.3) is 11.0 Å². The minimum atomic E-state index is -0.740. The van der Waals surface area contributed by atoms with E-state index in [0.717, 1.165) is 11.1 Å². The third kappa shape index (κ3) is 4.45. The van der Waals surface area contributed by atoms with Gasteiger partial charge in [-0.3, -0.25) is 14.8 Å². The molecule has 0 aliphatic carbocycles. The van der Waals surface area contributed by atoms with Crippen LogP contribution in [0.1, 0.15) is 32.9 Å². The maximum Gasteiger partial charge on any atom is 0.339 e. The van der Waals surface area contributed by atoms with Gasteiger partial charge in [-0.1, -0.05) is 17.7 Å². The molecule has 0 bridgehead atoms. The predicted octanol–water partition coefficient (Wildman–Crippen LogP) is 2.71. The van der Waals surface area contributed by atoms with Crippen molar-refractivity contribution in [2.24, 2.45) is 7.05 Å². The Balaban J connectivity index is 1.63. The lowest BCUT2D eigenvalue weighted by molar-refractivity contribution is -0.123. The number of carbonyl (C=O) groups excluding carboxylic acids is 3. The maximum absolute atomic E-state index is 12.6. The molecule has 0 fully saturated rings. The first-order valence-electron chi connectivity index (χ1n) is 9.32. The Morgan fingerprint density at radius 1 is 1.10 bits per heavy atom. The van der Waals surface area contributed by atoms with Crippen LogP contribution in [0.4, 0.5) is 10.5 Å². The molecule has 0 saturated carbocycles. The number of urea groups is 1. The van der Waals surface area contributed by atoms with Crippen LogP contribution in [0.5, 0.6) is 0 Å². The van der Waals surface area contributed by atoms with E-state index in [1.807, 2.05) is 26.0 Å². The minimum Gasteiger partial charge on any atom is -0.452 e. The van der Waals surface area contributed by atoms with Crippen LogP contribution in [0.3, 0.4) is 0 Å². The Kier molecular flexibility index (Phi) is 5.81. The average Bonchev–Trinajstić information content (AvgIpc) is 2.95. The van der Waals surface area contributed by atoms with Crippen LogP contribution in [-0.2, 0) is 16.6 Å². The van der Waals surface area contributed by atoms with Crippen molar-refractivity contribution in [3.63, 3.8) is 0 Å². The van der Waals surface area contributed by atoms with Crippen LogP contribution in [0.15, 0.2) is 24.3 Å². The summed E-state index contributed by atoms with van der Waals surface area (Å²) in [5.41, 5.74) is 4.59. The highest BCUT2D eigenvalue weighted by Crippen LogP contribution is 2.22. The van der Waals surface area contributed by atoms with Gasteiger partial charge < -0.3 is 10.1 Å². The molecule has 3 aromatic rings. The van der Waals surface area contributed by atoms with Gasteiger partial charge in [0.05, 0.1) is 16.6 Å². The topological polar surface area (TPSA) is 115 Å². The van der Waals surface area contributed by atoms with Crippen molar-refractivity contribution in [2.75, 3.05) is 11.9 Å². The van der Waals surface area contributed by atoms with Gasteiger partial charge in [0.15, 0.2) is 12.3 Å². The van der Waals surface area contributed by atoms with Crippen LogP contribution in [-0.4, -0.2) is 39.3 Å². The van der Waals surface area contributed by atoms with Crippen molar-refractivity contribution in [1.29, 1.82) is 0 Å². The Labute approximate surface area is 173 Å². The number of imide groups is 1. The molecule has 3 amide bonds. The molecule has 30 heavy (non-hydrogen) atoms. The van der Waals surface area contributed by atoms with Gasteiger partial charge in [-0.15, -0.1) is 0 Å². The number of hydrogen-bond donors (Lipinski definition) is 2. The second-order valence-corrected chi connectivity index (χ2v) is 7.12. The number of hydrogen-bond acceptors (Lipinski definition) is 6. The van der Waals surface area contributed by atoms with Gasteiger partial charge in [-0.2, -0.15) is 5.10 Å². The van der Waals surface area contributed by atoms with E-state index < -0.39 is 24.5 Å². The Morgan fingerprint density at radius 2 is 1.83 bits per heavy atom. The SMILES string of the molecule is Cc1ccc(NC(=O)NC(=O)COC(=O)c2cc(C)nc3c2c(C)nn3C)c(C)c1. The lowest BCUT2D eigenvalue weighted by atomic mass is 10.1. The zero-order valence-corrected chi connectivity index (χ0v) is 17.5. The summed E-state index contributed by atoms with van der Waals surface area (Å²) in [6.45, 7) is 6.72. The summed E-state index contributed by atoms with van der Waals surface area (Å²) < 4.78 is 6.69.